The van der Waals surface area contributed by atoms with Crippen LogP contribution >= 0.6 is 11.6 Å². The lowest BCUT2D eigenvalue weighted by Crippen LogP contribution is -2.37. The van der Waals surface area contributed by atoms with Gasteiger partial charge in [0, 0.05) is 50.2 Å². The van der Waals surface area contributed by atoms with Crippen LogP contribution < -0.4 is 9.64 Å². The van der Waals surface area contributed by atoms with Gasteiger partial charge in [0.15, 0.2) is 11.6 Å². The van der Waals surface area contributed by atoms with Gasteiger partial charge in [-0.15, -0.1) is 0 Å². The predicted molar refractivity (Wildman–Crippen MR) is 149 cm³/mol. The number of hydrogen-bond donors (Lipinski definition) is 0. The first-order valence-electron chi connectivity index (χ1n) is 12.8. The van der Waals surface area contributed by atoms with Gasteiger partial charge in [-0.25, -0.2) is 18.7 Å². The van der Waals surface area contributed by atoms with Gasteiger partial charge in [0.25, 0.3) is 5.91 Å². The summed E-state index contributed by atoms with van der Waals surface area (Å²) in [6.07, 6.45) is -0.796. The molecular formula is C28H23ClF5N7O2. The van der Waals surface area contributed by atoms with Crippen molar-refractivity contribution in [1.82, 2.24) is 29.8 Å². The number of pyridine rings is 1. The number of benzene rings is 1. The molecule has 0 spiro atoms. The van der Waals surface area contributed by atoms with E-state index in [2.05, 4.69) is 24.9 Å². The van der Waals surface area contributed by atoms with Crippen LogP contribution in [0.5, 0.6) is 6.01 Å². The van der Waals surface area contributed by atoms with E-state index in [1.807, 2.05) is 0 Å². The Morgan fingerprint density at radius 1 is 1.19 bits per heavy atom. The van der Waals surface area contributed by atoms with Crippen molar-refractivity contribution in [3.05, 3.63) is 70.4 Å². The number of fused-ring (bicyclic) bond motifs is 1. The van der Waals surface area contributed by atoms with Crippen molar-refractivity contribution < 1.29 is 31.5 Å². The molecule has 1 aromatic carbocycles. The van der Waals surface area contributed by atoms with E-state index in [1.165, 1.54) is 36.5 Å². The maximum absolute atomic E-state index is 15.9. The fourth-order valence-electron chi connectivity index (χ4n) is 4.89. The van der Waals surface area contributed by atoms with Crippen molar-refractivity contribution in [2.24, 2.45) is 0 Å². The average molecular weight is 620 g/mol. The van der Waals surface area contributed by atoms with Crippen LogP contribution in [0.15, 0.2) is 42.5 Å². The predicted octanol–water partition coefficient (Wildman–Crippen LogP) is 5.66. The second-order valence-electron chi connectivity index (χ2n) is 9.70. The van der Waals surface area contributed by atoms with Crippen LogP contribution in [0, 0.1) is 12.7 Å². The van der Waals surface area contributed by atoms with E-state index in [0.717, 1.165) is 18.2 Å². The number of nitrogens with zero attached hydrogens (tertiary/aromatic N) is 7. The summed E-state index contributed by atoms with van der Waals surface area (Å²) in [4.78, 5) is 36.2. The van der Waals surface area contributed by atoms with Crippen LogP contribution in [0.25, 0.3) is 28.2 Å². The Hall–Kier alpha value is -4.46. The number of anilines is 1. The lowest BCUT2D eigenvalue weighted by Gasteiger charge is -2.27. The molecule has 0 aliphatic carbocycles. The molecule has 3 aromatic heterocycles. The maximum atomic E-state index is 15.9. The molecule has 224 valence electrons. The topological polar surface area (TPSA) is 97.2 Å². The molecule has 0 bridgehead atoms. The molecule has 1 aliphatic rings. The molecule has 1 fully saturated rings. The standard InChI is InChI=1S/C28H23ClF5N7O2/c1-14-35-9-7-15(37-14)11-20(30)26(42)41-10-8-16(13-41)40(2)25-18-12-36-23(22(31)24(18)38-27(39-25)43-3)17-5-4-6-19(29)21(17)28(32,33)34/h4-7,9,11-12,16H,8,10,13H2,1-3H3/b20-11-. The fourth-order valence-corrected chi connectivity index (χ4v) is 5.17. The van der Waals surface area contributed by atoms with E-state index < -0.39 is 45.6 Å². The molecule has 0 radical (unpaired) electrons. The Balaban J connectivity index is 1.47. The van der Waals surface area contributed by atoms with Crippen LogP contribution in [-0.4, -0.2) is 69.0 Å². The van der Waals surface area contributed by atoms with Gasteiger partial charge in [0.05, 0.1) is 28.8 Å². The first-order chi connectivity index (χ1) is 20.4. The smallest absolute Gasteiger partial charge is 0.418 e. The van der Waals surface area contributed by atoms with Crippen LogP contribution in [-0.2, 0) is 11.0 Å². The number of carbonyl (C=O) groups excluding carboxylic acids is 1. The summed E-state index contributed by atoms with van der Waals surface area (Å²) < 4.78 is 77.3. The first kappa shape index (κ1) is 30.0. The van der Waals surface area contributed by atoms with Gasteiger partial charge in [0.2, 0.25) is 0 Å². The van der Waals surface area contributed by atoms with Crippen molar-refractivity contribution in [2.45, 2.75) is 25.6 Å². The molecule has 1 aliphatic heterocycles. The normalized spacial score (nSPS) is 15.7. The van der Waals surface area contributed by atoms with Crippen LogP contribution in [0.3, 0.4) is 0 Å². The van der Waals surface area contributed by atoms with Gasteiger partial charge in [-0.05, 0) is 25.5 Å². The molecule has 0 saturated carbocycles. The number of likely N-dealkylation sites (N-methyl/N-ethyl adjacent to an activating group) is 1. The number of carbonyl (C=O) groups is 1. The Kier molecular flexibility index (Phi) is 8.14. The highest BCUT2D eigenvalue weighted by Gasteiger charge is 2.38. The van der Waals surface area contributed by atoms with Crippen molar-refractivity contribution in [1.29, 1.82) is 0 Å². The largest absolute Gasteiger partial charge is 0.467 e. The van der Waals surface area contributed by atoms with Gasteiger partial charge in [-0.2, -0.15) is 23.1 Å². The molecule has 15 heteroatoms. The Labute approximate surface area is 247 Å². The molecule has 43 heavy (non-hydrogen) atoms. The number of halogens is 6. The molecule has 1 saturated heterocycles. The van der Waals surface area contributed by atoms with Crippen molar-refractivity contribution in [3.8, 4) is 17.3 Å². The third-order valence-electron chi connectivity index (χ3n) is 6.99. The third kappa shape index (κ3) is 5.91. The number of ether oxygens (including phenoxy) is 1. The average Bonchev–Trinajstić information content (AvgIpc) is 3.46. The highest BCUT2D eigenvalue weighted by atomic mass is 35.5. The van der Waals surface area contributed by atoms with Gasteiger partial charge < -0.3 is 14.5 Å². The van der Waals surface area contributed by atoms with E-state index in [9.17, 15) is 22.4 Å². The highest BCUT2D eigenvalue weighted by Crippen LogP contribution is 2.42. The lowest BCUT2D eigenvalue weighted by molar-refractivity contribution is -0.137. The summed E-state index contributed by atoms with van der Waals surface area (Å²) in [6.45, 7) is 1.98. The summed E-state index contributed by atoms with van der Waals surface area (Å²) in [7, 11) is 2.90. The van der Waals surface area contributed by atoms with Gasteiger partial charge in [-0.3, -0.25) is 9.78 Å². The van der Waals surface area contributed by atoms with Gasteiger partial charge >= 0.3 is 12.2 Å². The number of aromatic nitrogens is 5. The van der Waals surface area contributed by atoms with Crippen LogP contribution in [0.1, 0.15) is 23.5 Å². The number of amides is 1. The Morgan fingerprint density at radius 3 is 2.65 bits per heavy atom. The molecule has 4 heterocycles. The summed E-state index contributed by atoms with van der Waals surface area (Å²) >= 11 is 5.84. The minimum absolute atomic E-state index is 0.0927. The van der Waals surface area contributed by atoms with Crippen molar-refractivity contribution in [3.63, 3.8) is 0 Å². The Morgan fingerprint density at radius 2 is 1.95 bits per heavy atom. The first-order valence-corrected chi connectivity index (χ1v) is 13.2. The SMILES string of the molecule is COc1nc(N(C)C2CCN(C(=O)/C(F)=C/c3ccnc(C)n3)C2)c2cnc(-c3cccc(Cl)c3C(F)(F)F)c(F)c2n1. The highest BCUT2D eigenvalue weighted by molar-refractivity contribution is 6.31. The van der Waals surface area contributed by atoms with Gasteiger partial charge in [0.1, 0.15) is 22.9 Å². The summed E-state index contributed by atoms with van der Waals surface area (Å²) in [5.41, 5.74) is -2.46. The van der Waals surface area contributed by atoms with Crippen molar-refractivity contribution in [2.75, 3.05) is 32.1 Å². The summed E-state index contributed by atoms with van der Waals surface area (Å²) in [5.74, 6) is -2.36. The number of alkyl halides is 3. The van der Waals surface area contributed by atoms with Crippen molar-refractivity contribution >= 4 is 40.3 Å². The maximum Gasteiger partial charge on any atom is 0.418 e. The summed E-state index contributed by atoms with van der Waals surface area (Å²) in [6, 6.07) is 4.24. The van der Waals surface area contributed by atoms with Crippen LogP contribution in [0.2, 0.25) is 5.02 Å². The summed E-state index contributed by atoms with van der Waals surface area (Å²) in [5, 5.41) is -0.513. The number of hydrogen-bond acceptors (Lipinski definition) is 8. The molecule has 0 N–H and O–H groups in total. The molecule has 1 amide bonds. The van der Waals surface area contributed by atoms with Crippen LogP contribution in [0.4, 0.5) is 27.8 Å². The molecule has 4 aromatic rings. The van der Waals surface area contributed by atoms with Gasteiger partial charge in [-0.1, -0.05) is 23.7 Å². The zero-order chi connectivity index (χ0) is 31.1. The lowest BCUT2D eigenvalue weighted by atomic mass is 10.0. The minimum Gasteiger partial charge on any atom is -0.467 e. The second-order valence-corrected chi connectivity index (χ2v) is 10.1. The zero-order valence-electron chi connectivity index (χ0n) is 23.0. The molecule has 1 atom stereocenters. The number of methoxy groups -OCH3 is 1. The monoisotopic (exact) mass is 619 g/mol. The van der Waals surface area contributed by atoms with E-state index in [-0.39, 0.29) is 47.6 Å². The van der Waals surface area contributed by atoms with E-state index >= 15 is 4.39 Å². The third-order valence-corrected chi connectivity index (χ3v) is 7.30. The fraction of sp³-hybridized carbons (Fsp3) is 0.286. The van der Waals surface area contributed by atoms with E-state index in [4.69, 9.17) is 16.3 Å². The molecular weight excluding hydrogens is 597 g/mol. The molecule has 1 unspecified atom stereocenters. The molecule has 9 nitrogen and oxygen atoms in total. The number of likely N-dealkylation sites (tertiary alicyclic amines) is 1. The number of aryl methyl sites for hydroxylation is 1. The second kappa shape index (κ2) is 11.7. The van der Waals surface area contributed by atoms with E-state index in [1.54, 1.807) is 18.9 Å². The van der Waals surface area contributed by atoms with E-state index in [0.29, 0.717) is 12.2 Å². The molecule has 5 rings (SSSR count). The quantitative estimate of drug-likeness (QED) is 0.202. The minimum atomic E-state index is -4.88. The number of rotatable bonds is 6. The zero-order valence-corrected chi connectivity index (χ0v) is 23.7. The Bertz CT molecular complexity index is 1750.